The highest BCUT2D eigenvalue weighted by Crippen LogP contribution is 2.46. The number of allylic oxidation sites excluding steroid dienone is 2. The average molecular weight is 468 g/mol. The summed E-state index contributed by atoms with van der Waals surface area (Å²) in [6, 6.07) is 2.38. The topological polar surface area (TPSA) is 201 Å². The molecule has 0 saturated carbocycles. The maximum Gasteiger partial charge on any atom is 0.217 e. The summed E-state index contributed by atoms with van der Waals surface area (Å²) in [7, 11) is 0. The van der Waals surface area contributed by atoms with E-state index >= 15 is 0 Å². The van der Waals surface area contributed by atoms with E-state index in [4.69, 9.17) is 14.6 Å². The van der Waals surface area contributed by atoms with E-state index in [0.717, 1.165) is 6.07 Å². The van der Waals surface area contributed by atoms with Crippen molar-refractivity contribution in [3.8, 4) is 17.2 Å². The SMILES string of the molecule is CC1(C2Oc3cc(O)cc(O)c3CC2OC(O)/C(O)=C(/O)C(O)CCO)C=CC(O)=C(O)C1. The van der Waals surface area contributed by atoms with Crippen LogP contribution in [0.2, 0.25) is 0 Å². The highest BCUT2D eigenvalue weighted by Gasteiger charge is 2.47. The lowest BCUT2D eigenvalue weighted by Crippen LogP contribution is -2.51. The van der Waals surface area contributed by atoms with Crippen molar-refractivity contribution in [2.45, 2.75) is 50.8 Å². The molecule has 1 heterocycles. The first kappa shape index (κ1) is 24.5. The maximum atomic E-state index is 10.4. The van der Waals surface area contributed by atoms with E-state index in [2.05, 4.69) is 0 Å². The van der Waals surface area contributed by atoms with Crippen molar-refractivity contribution in [3.63, 3.8) is 0 Å². The molecule has 11 heteroatoms. The maximum absolute atomic E-state index is 10.4. The number of aliphatic hydroxyl groups excluding tert-OH is 7. The molecule has 3 rings (SSSR count). The monoisotopic (exact) mass is 468 g/mol. The van der Waals surface area contributed by atoms with E-state index in [-0.39, 0.29) is 53.6 Å². The number of fused-ring (bicyclic) bond motifs is 1. The lowest BCUT2D eigenvalue weighted by molar-refractivity contribution is -0.175. The van der Waals surface area contributed by atoms with E-state index in [1.807, 2.05) is 0 Å². The quantitative estimate of drug-likeness (QED) is 0.207. The van der Waals surface area contributed by atoms with Gasteiger partial charge in [0.2, 0.25) is 6.29 Å². The summed E-state index contributed by atoms with van der Waals surface area (Å²) in [5.74, 6) is -3.08. The number of hydrogen-bond acceptors (Lipinski definition) is 11. The Balaban J connectivity index is 1.96. The van der Waals surface area contributed by atoms with Crippen molar-refractivity contribution in [3.05, 3.63) is 52.9 Å². The van der Waals surface area contributed by atoms with Crippen molar-refractivity contribution in [2.24, 2.45) is 5.41 Å². The minimum atomic E-state index is -2.11. The van der Waals surface area contributed by atoms with Gasteiger partial charge in [-0.25, -0.2) is 0 Å². The van der Waals surface area contributed by atoms with Crippen LogP contribution in [0.5, 0.6) is 17.2 Å². The van der Waals surface area contributed by atoms with Crippen LogP contribution in [0.3, 0.4) is 0 Å². The molecule has 0 saturated heterocycles. The van der Waals surface area contributed by atoms with E-state index in [0.29, 0.717) is 0 Å². The molecule has 2 aliphatic rings. The summed E-state index contributed by atoms with van der Waals surface area (Å²) in [6.07, 6.45) is -3.36. The van der Waals surface area contributed by atoms with Crippen LogP contribution in [0, 0.1) is 5.41 Å². The lowest BCUT2D eigenvalue weighted by atomic mass is 9.73. The van der Waals surface area contributed by atoms with Crippen molar-refractivity contribution in [1.29, 1.82) is 0 Å². The number of phenolic OH excluding ortho intramolecular Hbond substituents is 2. The summed E-state index contributed by atoms with van der Waals surface area (Å²) in [4.78, 5) is 0. The second kappa shape index (κ2) is 9.40. The number of aromatic hydroxyl groups is 2. The minimum absolute atomic E-state index is 0.0592. The van der Waals surface area contributed by atoms with Crippen molar-refractivity contribution < 1.29 is 55.4 Å². The van der Waals surface area contributed by atoms with Crippen LogP contribution in [0.15, 0.2) is 47.3 Å². The van der Waals surface area contributed by atoms with Gasteiger partial charge in [-0.2, -0.15) is 0 Å². The minimum Gasteiger partial charge on any atom is -0.508 e. The Kier molecular flexibility index (Phi) is 6.98. The zero-order chi connectivity index (χ0) is 24.5. The van der Waals surface area contributed by atoms with Crippen molar-refractivity contribution in [2.75, 3.05) is 6.61 Å². The van der Waals surface area contributed by atoms with Crippen LogP contribution in [0.25, 0.3) is 0 Å². The largest absolute Gasteiger partial charge is 0.508 e. The number of rotatable bonds is 7. The molecule has 0 bridgehead atoms. The van der Waals surface area contributed by atoms with E-state index in [1.165, 1.54) is 12.1 Å². The first-order valence-corrected chi connectivity index (χ1v) is 10.2. The van der Waals surface area contributed by atoms with Gasteiger partial charge in [0.15, 0.2) is 17.3 Å². The van der Waals surface area contributed by atoms with Gasteiger partial charge in [-0.05, 0) is 6.08 Å². The molecule has 11 nitrogen and oxygen atoms in total. The van der Waals surface area contributed by atoms with Crippen LogP contribution >= 0.6 is 0 Å². The summed E-state index contributed by atoms with van der Waals surface area (Å²) in [5.41, 5.74) is -0.752. The first-order chi connectivity index (χ1) is 15.5. The molecule has 0 fully saturated rings. The Morgan fingerprint density at radius 2 is 1.85 bits per heavy atom. The molecule has 5 unspecified atom stereocenters. The van der Waals surface area contributed by atoms with E-state index < -0.39 is 48.1 Å². The molecule has 9 N–H and O–H groups in total. The molecule has 1 aliphatic carbocycles. The Morgan fingerprint density at radius 1 is 1.15 bits per heavy atom. The average Bonchev–Trinajstić information content (AvgIpc) is 2.75. The molecule has 1 aliphatic heterocycles. The second-order valence-corrected chi connectivity index (χ2v) is 8.36. The van der Waals surface area contributed by atoms with Crippen LogP contribution in [0.4, 0.5) is 0 Å². The van der Waals surface area contributed by atoms with Gasteiger partial charge in [0.25, 0.3) is 0 Å². The third kappa shape index (κ3) is 4.96. The van der Waals surface area contributed by atoms with Gasteiger partial charge < -0.3 is 55.4 Å². The molecular weight excluding hydrogens is 440 g/mol. The Hall–Kier alpha value is -3.12. The number of ether oxygens (including phenoxy) is 2. The predicted molar refractivity (Wildman–Crippen MR) is 113 cm³/mol. The van der Waals surface area contributed by atoms with Gasteiger partial charge in [-0.1, -0.05) is 13.0 Å². The fourth-order valence-corrected chi connectivity index (χ4v) is 3.98. The van der Waals surface area contributed by atoms with Gasteiger partial charge in [-0.3, -0.25) is 0 Å². The van der Waals surface area contributed by atoms with Crippen molar-refractivity contribution in [1.82, 2.24) is 0 Å². The van der Waals surface area contributed by atoms with E-state index in [9.17, 15) is 40.9 Å². The first-order valence-electron chi connectivity index (χ1n) is 10.2. The predicted octanol–water partition coefficient (Wildman–Crippen LogP) is 1.47. The van der Waals surface area contributed by atoms with Crippen LogP contribution in [-0.4, -0.2) is 77.2 Å². The van der Waals surface area contributed by atoms with E-state index in [1.54, 1.807) is 13.0 Å². The summed E-state index contributed by atoms with van der Waals surface area (Å²) in [6.45, 7) is 1.21. The summed E-state index contributed by atoms with van der Waals surface area (Å²) >= 11 is 0. The molecule has 0 radical (unpaired) electrons. The highest BCUT2D eigenvalue weighted by molar-refractivity contribution is 5.51. The van der Waals surface area contributed by atoms with Crippen LogP contribution in [0.1, 0.15) is 25.3 Å². The molecule has 0 amide bonds. The molecule has 1 aromatic rings. The number of benzene rings is 1. The van der Waals surface area contributed by atoms with Gasteiger partial charge in [0, 0.05) is 49.0 Å². The third-order valence-corrected chi connectivity index (χ3v) is 5.80. The van der Waals surface area contributed by atoms with Crippen LogP contribution in [-0.2, 0) is 11.2 Å². The molecule has 0 spiro atoms. The fourth-order valence-electron chi connectivity index (χ4n) is 3.98. The number of hydrogen-bond donors (Lipinski definition) is 9. The molecule has 1 aromatic carbocycles. The summed E-state index contributed by atoms with van der Waals surface area (Å²) in [5, 5.41) is 89.0. The highest BCUT2D eigenvalue weighted by atomic mass is 16.6. The van der Waals surface area contributed by atoms with Crippen LogP contribution < -0.4 is 4.74 Å². The Bertz CT molecular complexity index is 983. The number of phenols is 2. The Morgan fingerprint density at radius 3 is 2.48 bits per heavy atom. The number of aliphatic hydroxyl groups is 7. The summed E-state index contributed by atoms with van der Waals surface area (Å²) < 4.78 is 11.6. The Labute approximate surface area is 189 Å². The van der Waals surface area contributed by atoms with Gasteiger partial charge in [0.1, 0.15) is 41.3 Å². The zero-order valence-electron chi connectivity index (χ0n) is 17.8. The van der Waals surface area contributed by atoms with Gasteiger partial charge in [-0.15, -0.1) is 0 Å². The van der Waals surface area contributed by atoms with Crippen molar-refractivity contribution >= 4 is 0 Å². The fraction of sp³-hybridized carbons (Fsp3) is 0.455. The molecule has 182 valence electrons. The van der Waals surface area contributed by atoms with Gasteiger partial charge >= 0.3 is 0 Å². The normalized spacial score (nSPS) is 27.4. The third-order valence-electron chi connectivity index (χ3n) is 5.80. The molecule has 5 atom stereocenters. The smallest absolute Gasteiger partial charge is 0.217 e. The molecular formula is C22H28O11. The second-order valence-electron chi connectivity index (χ2n) is 8.36. The standard InChI is InChI=1S/C22H28O11/c1-22(4-2-12(25)15(28)9-22)20-17(8-11-14(27)6-10(24)7-16(11)32-20)33-21(31)19(30)18(29)13(26)3-5-23/h2,4,6-7,13,17,20-21,23-31H,3,5,8-9H2,1H3/b19-18-. The zero-order valence-corrected chi connectivity index (χ0v) is 17.8. The van der Waals surface area contributed by atoms with Gasteiger partial charge in [0.05, 0.1) is 0 Å². The molecule has 33 heavy (non-hydrogen) atoms. The molecule has 0 aromatic heterocycles. The lowest BCUT2D eigenvalue weighted by Gasteiger charge is -2.44.